The van der Waals surface area contributed by atoms with Crippen LogP contribution in [0.3, 0.4) is 0 Å². The van der Waals surface area contributed by atoms with Gasteiger partial charge in [-0.05, 0) is 37.6 Å². The number of ether oxygens (including phenoxy) is 2. The molecule has 0 atom stereocenters. The van der Waals surface area contributed by atoms with Gasteiger partial charge in [0.05, 0.1) is 5.54 Å². The molecular formula is C16H20N2O3. The predicted octanol–water partition coefficient (Wildman–Crippen LogP) is 1.64. The minimum atomic E-state index is -0.158. The molecule has 0 spiro atoms. The van der Waals surface area contributed by atoms with Gasteiger partial charge >= 0.3 is 0 Å². The molecule has 112 valence electrons. The maximum absolute atomic E-state index is 12.4. The Morgan fingerprint density at radius 3 is 2.95 bits per heavy atom. The molecule has 1 amide bonds. The average Bonchev–Trinajstić information content (AvgIpc) is 2.91. The number of piperazine rings is 1. The molecule has 0 saturated carbocycles. The first-order valence-electron chi connectivity index (χ1n) is 7.16. The fourth-order valence-electron chi connectivity index (χ4n) is 2.67. The normalized spacial score (nSPS) is 20.0. The SMILES string of the molecule is CC1(C)CNCCN1C(=O)C=Cc1ccc2c(c1)OCO2. The lowest BCUT2D eigenvalue weighted by atomic mass is 10.00. The maximum Gasteiger partial charge on any atom is 0.247 e. The van der Waals surface area contributed by atoms with E-state index in [1.54, 1.807) is 6.08 Å². The van der Waals surface area contributed by atoms with Crippen molar-refractivity contribution in [3.05, 3.63) is 29.8 Å². The van der Waals surface area contributed by atoms with Crippen molar-refractivity contribution >= 4 is 12.0 Å². The van der Waals surface area contributed by atoms with Gasteiger partial charge in [-0.3, -0.25) is 4.79 Å². The van der Waals surface area contributed by atoms with E-state index in [0.29, 0.717) is 0 Å². The molecule has 1 N–H and O–H groups in total. The maximum atomic E-state index is 12.4. The zero-order chi connectivity index (χ0) is 14.9. The third-order valence-electron chi connectivity index (χ3n) is 3.88. The summed E-state index contributed by atoms with van der Waals surface area (Å²) in [6.07, 6.45) is 3.45. The van der Waals surface area contributed by atoms with E-state index in [1.807, 2.05) is 29.2 Å². The summed E-state index contributed by atoms with van der Waals surface area (Å²) in [5.41, 5.74) is 0.773. The van der Waals surface area contributed by atoms with Crippen LogP contribution in [0.4, 0.5) is 0 Å². The Bertz CT molecular complexity index is 581. The Labute approximate surface area is 124 Å². The minimum Gasteiger partial charge on any atom is -0.454 e. The van der Waals surface area contributed by atoms with Gasteiger partial charge in [0.25, 0.3) is 0 Å². The standard InChI is InChI=1S/C16H20N2O3/c1-16(2)10-17-7-8-18(16)15(19)6-4-12-3-5-13-14(9-12)21-11-20-13/h3-6,9,17H,7-8,10-11H2,1-2H3. The molecule has 1 fully saturated rings. The van der Waals surface area contributed by atoms with Gasteiger partial charge in [0.1, 0.15) is 0 Å². The quantitative estimate of drug-likeness (QED) is 0.841. The summed E-state index contributed by atoms with van der Waals surface area (Å²) in [7, 11) is 0. The molecule has 0 aromatic heterocycles. The van der Waals surface area contributed by atoms with Gasteiger partial charge in [-0.15, -0.1) is 0 Å². The Balaban J connectivity index is 1.72. The van der Waals surface area contributed by atoms with Gasteiger partial charge in [-0.1, -0.05) is 6.07 Å². The van der Waals surface area contributed by atoms with Gasteiger partial charge < -0.3 is 19.7 Å². The number of nitrogens with zero attached hydrogens (tertiary/aromatic N) is 1. The van der Waals surface area contributed by atoms with Crippen molar-refractivity contribution in [3.8, 4) is 11.5 Å². The van der Waals surface area contributed by atoms with E-state index in [4.69, 9.17) is 9.47 Å². The first-order valence-corrected chi connectivity index (χ1v) is 7.16. The molecule has 5 nitrogen and oxygen atoms in total. The van der Waals surface area contributed by atoms with Gasteiger partial charge in [-0.25, -0.2) is 0 Å². The number of carbonyl (C=O) groups excluding carboxylic acids is 1. The van der Waals surface area contributed by atoms with Crippen LogP contribution in [0.15, 0.2) is 24.3 Å². The largest absolute Gasteiger partial charge is 0.454 e. The van der Waals surface area contributed by atoms with Gasteiger partial charge in [0.2, 0.25) is 12.7 Å². The monoisotopic (exact) mass is 288 g/mol. The molecule has 1 aromatic carbocycles. The van der Waals surface area contributed by atoms with Crippen molar-refractivity contribution in [1.82, 2.24) is 10.2 Å². The lowest BCUT2D eigenvalue weighted by Gasteiger charge is -2.42. The first kappa shape index (κ1) is 13.9. The number of hydrogen-bond acceptors (Lipinski definition) is 4. The molecule has 0 unspecified atom stereocenters. The highest BCUT2D eigenvalue weighted by Gasteiger charge is 2.31. The van der Waals surface area contributed by atoms with Crippen molar-refractivity contribution in [2.75, 3.05) is 26.4 Å². The summed E-state index contributed by atoms with van der Waals surface area (Å²) >= 11 is 0. The fourth-order valence-corrected chi connectivity index (χ4v) is 2.67. The second-order valence-electron chi connectivity index (χ2n) is 5.93. The Kier molecular flexibility index (Phi) is 3.59. The van der Waals surface area contributed by atoms with E-state index in [0.717, 1.165) is 36.7 Å². The molecule has 0 bridgehead atoms. The Morgan fingerprint density at radius 1 is 1.33 bits per heavy atom. The Hall–Kier alpha value is -2.01. The van der Waals surface area contributed by atoms with E-state index in [2.05, 4.69) is 19.2 Å². The van der Waals surface area contributed by atoms with Crippen LogP contribution in [0.5, 0.6) is 11.5 Å². The number of hydrogen-bond donors (Lipinski definition) is 1. The van der Waals surface area contributed by atoms with E-state index in [9.17, 15) is 4.79 Å². The van der Waals surface area contributed by atoms with Crippen molar-refractivity contribution in [3.63, 3.8) is 0 Å². The first-order chi connectivity index (χ1) is 10.1. The molecule has 3 rings (SSSR count). The van der Waals surface area contributed by atoms with E-state index in [1.165, 1.54) is 0 Å². The lowest BCUT2D eigenvalue weighted by molar-refractivity contribution is -0.132. The number of nitrogens with one attached hydrogen (secondary N) is 1. The smallest absolute Gasteiger partial charge is 0.247 e. The van der Waals surface area contributed by atoms with Crippen LogP contribution in [-0.4, -0.2) is 42.8 Å². The third kappa shape index (κ3) is 2.88. The average molecular weight is 288 g/mol. The van der Waals surface area contributed by atoms with Crippen LogP contribution in [0.1, 0.15) is 19.4 Å². The highest BCUT2D eigenvalue weighted by Crippen LogP contribution is 2.32. The molecule has 2 heterocycles. The molecule has 1 aromatic rings. The molecule has 0 radical (unpaired) electrons. The minimum absolute atomic E-state index is 0.0409. The second-order valence-corrected chi connectivity index (χ2v) is 5.93. The van der Waals surface area contributed by atoms with Crippen LogP contribution in [0, 0.1) is 0 Å². The molecule has 1 saturated heterocycles. The summed E-state index contributed by atoms with van der Waals surface area (Å²) in [5.74, 6) is 1.52. The highest BCUT2D eigenvalue weighted by molar-refractivity contribution is 5.92. The highest BCUT2D eigenvalue weighted by atomic mass is 16.7. The molecule has 0 aliphatic carbocycles. The van der Waals surface area contributed by atoms with Crippen molar-refractivity contribution in [2.45, 2.75) is 19.4 Å². The molecule has 2 aliphatic rings. The van der Waals surface area contributed by atoms with Crippen molar-refractivity contribution in [1.29, 1.82) is 0 Å². The summed E-state index contributed by atoms with van der Waals surface area (Å²) in [6, 6.07) is 5.66. The van der Waals surface area contributed by atoms with E-state index >= 15 is 0 Å². The van der Waals surface area contributed by atoms with Crippen molar-refractivity contribution in [2.24, 2.45) is 0 Å². The fraction of sp³-hybridized carbons (Fsp3) is 0.438. The lowest BCUT2D eigenvalue weighted by Crippen LogP contribution is -2.59. The van der Waals surface area contributed by atoms with E-state index in [-0.39, 0.29) is 18.2 Å². The summed E-state index contributed by atoms with van der Waals surface area (Å²) in [5, 5.41) is 3.31. The molecular weight excluding hydrogens is 268 g/mol. The number of carbonyl (C=O) groups is 1. The van der Waals surface area contributed by atoms with Crippen LogP contribution in [-0.2, 0) is 4.79 Å². The van der Waals surface area contributed by atoms with Crippen LogP contribution >= 0.6 is 0 Å². The van der Waals surface area contributed by atoms with Crippen LogP contribution in [0.2, 0.25) is 0 Å². The molecule has 2 aliphatic heterocycles. The van der Waals surface area contributed by atoms with Crippen LogP contribution in [0.25, 0.3) is 6.08 Å². The molecule has 5 heteroatoms. The predicted molar refractivity (Wildman–Crippen MR) is 80.3 cm³/mol. The van der Waals surface area contributed by atoms with E-state index < -0.39 is 0 Å². The number of benzene rings is 1. The van der Waals surface area contributed by atoms with Gasteiger partial charge in [0, 0.05) is 25.7 Å². The van der Waals surface area contributed by atoms with Gasteiger partial charge in [0.15, 0.2) is 11.5 Å². The summed E-state index contributed by atoms with van der Waals surface area (Å²) < 4.78 is 10.6. The number of fused-ring (bicyclic) bond motifs is 1. The summed E-state index contributed by atoms with van der Waals surface area (Å²) in [4.78, 5) is 14.3. The number of rotatable bonds is 2. The number of amides is 1. The third-order valence-corrected chi connectivity index (χ3v) is 3.88. The second kappa shape index (κ2) is 5.41. The van der Waals surface area contributed by atoms with Crippen LogP contribution < -0.4 is 14.8 Å². The zero-order valence-electron chi connectivity index (χ0n) is 12.4. The Morgan fingerprint density at radius 2 is 2.14 bits per heavy atom. The topological polar surface area (TPSA) is 50.8 Å². The molecule has 21 heavy (non-hydrogen) atoms. The van der Waals surface area contributed by atoms with Crippen molar-refractivity contribution < 1.29 is 14.3 Å². The zero-order valence-corrected chi connectivity index (χ0v) is 12.4. The summed E-state index contributed by atoms with van der Waals surface area (Å²) in [6.45, 7) is 6.80. The van der Waals surface area contributed by atoms with Gasteiger partial charge in [-0.2, -0.15) is 0 Å².